The van der Waals surface area contributed by atoms with Crippen LogP contribution in [0.15, 0.2) is 183 Å². The van der Waals surface area contributed by atoms with Gasteiger partial charge in [0, 0.05) is 58.0 Å². The van der Waals surface area contributed by atoms with Gasteiger partial charge in [0.05, 0.1) is 34.4 Å². The quantitative estimate of drug-likeness (QED) is 0.161. The second kappa shape index (κ2) is 14.6. The summed E-state index contributed by atoms with van der Waals surface area (Å²) in [6.45, 7) is 4.50. The number of hydrogen-bond donors (Lipinski definition) is 0. The first kappa shape index (κ1) is 35.5. The van der Waals surface area contributed by atoms with Crippen LogP contribution in [0.4, 0.5) is 0 Å². The Hall–Kier alpha value is -7.88. The van der Waals surface area contributed by atoms with Crippen LogP contribution in [0.25, 0.3) is 89.8 Å². The predicted molar refractivity (Wildman–Crippen MR) is 236 cm³/mol. The van der Waals surface area contributed by atoms with Crippen LogP contribution in [0.2, 0.25) is 0 Å². The lowest BCUT2D eigenvalue weighted by molar-refractivity contribution is 0.660. The lowest BCUT2D eigenvalue weighted by atomic mass is 9.81. The summed E-state index contributed by atoms with van der Waals surface area (Å²) in [5, 5.41) is 9.75. The van der Waals surface area contributed by atoms with E-state index < -0.39 is 0 Å². The van der Waals surface area contributed by atoms with E-state index in [9.17, 15) is 5.26 Å². The maximum Gasteiger partial charge on any atom is 0.160 e. The van der Waals surface area contributed by atoms with E-state index in [0.29, 0.717) is 11.4 Å². The third-order valence-electron chi connectivity index (χ3n) is 11.3. The molecule has 5 aromatic carbocycles. The predicted octanol–water partition coefficient (Wildman–Crippen LogP) is 12.5. The molecule has 10 rings (SSSR count). The molecule has 0 spiro atoms. The molecule has 4 aromatic heterocycles. The molecule has 0 atom stereocenters. The maximum absolute atomic E-state index is 9.75. The third-order valence-corrected chi connectivity index (χ3v) is 11.3. The standard InChI is InChI=1S/C53H36N6/c1-53(2)46-23-34(31-54)17-19-44(46)45-20-18-37(27-47(45)53)40-24-41(42-28-48(38-15-9-21-55-32-38)57-49(29-42)39-16-10-22-56-33-39)26-43(25-40)51-30-50(35-11-5-3-6-12-35)58-52(59-51)36-13-7-4-8-14-36/h3-30,32-33H,1-2H3. The monoisotopic (exact) mass is 756 g/mol. The van der Waals surface area contributed by atoms with E-state index in [-0.39, 0.29) is 5.41 Å². The molecular formula is C53H36N6. The van der Waals surface area contributed by atoms with E-state index in [1.54, 1.807) is 12.4 Å². The highest BCUT2D eigenvalue weighted by Gasteiger charge is 2.36. The first-order chi connectivity index (χ1) is 28.9. The molecule has 59 heavy (non-hydrogen) atoms. The van der Waals surface area contributed by atoms with Crippen LogP contribution < -0.4 is 0 Å². The molecule has 1 aliphatic carbocycles. The summed E-state index contributed by atoms with van der Waals surface area (Å²) in [5.74, 6) is 0.657. The summed E-state index contributed by atoms with van der Waals surface area (Å²) in [5.41, 5.74) is 17.3. The highest BCUT2D eigenvalue weighted by Crippen LogP contribution is 2.50. The number of benzene rings is 5. The number of nitriles is 1. The Bertz CT molecular complexity index is 2800. The van der Waals surface area contributed by atoms with Gasteiger partial charge < -0.3 is 0 Å². The highest BCUT2D eigenvalue weighted by atomic mass is 14.9. The van der Waals surface area contributed by atoms with Gasteiger partial charge in [0.1, 0.15) is 0 Å². The molecule has 9 aromatic rings. The van der Waals surface area contributed by atoms with Crippen molar-refractivity contribution in [2.45, 2.75) is 19.3 Å². The smallest absolute Gasteiger partial charge is 0.160 e. The first-order valence-electron chi connectivity index (χ1n) is 19.6. The Morgan fingerprint density at radius 1 is 0.407 bits per heavy atom. The minimum Gasteiger partial charge on any atom is -0.264 e. The molecule has 6 nitrogen and oxygen atoms in total. The lowest BCUT2D eigenvalue weighted by Gasteiger charge is -2.22. The number of aromatic nitrogens is 5. The molecule has 0 bridgehead atoms. The zero-order valence-corrected chi connectivity index (χ0v) is 32.5. The minimum absolute atomic E-state index is 0.294. The van der Waals surface area contributed by atoms with E-state index in [0.717, 1.165) is 72.8 Å². The topological polar surface area (TPSA) is 88.2 Å². The molecule has 0 amide bonds. The zero-order valence-electron chi connectivity index (χ0n) is 32.5. The van der Waals surface area contributed by atoms with Crippen LogP contribution in [-0.4, -0.2) is 24.9 Å². The average molecular weight is 757 g/mol. The molecule has 6 heteroatoms. The van der Waals surface area contributed by atoms with Gasteiger partial charge in [-0.25, -0.2) is 15.0 Å². The van der Waals surface area contributed by atoms with Gasteiger partial charge in [0.2, 0.25) is 0 Å². The molecule has 0 N–H and O–H groups in total. The minimum atomic E-state index is -0.294. The van der Waals surface area contributed by atoms with Crippen LogP contribution in [0.3, 0.4) is 0 Å². The number of fused-ring (bicyclic) bond motifs is 3. The lowest BCUT2D eigenvalue weighted by Crippen LogP contribution is -2.15. The molecule has 278 valence electrons. The van der Waals surface area contributed by atoms with E-state index in [1.165, 1.54) is 22.3 Å². The molecule has 0 saturated carbocycles. The van der Waals surface area contributed by atoms with E-state index in [2.05, 4.69) is 115 Å². The molecular weight excluding hydrogens is 721 g/mol. The maximum atomic E-state index is 9.75. The van der Waals surface area contributed by atoms with Crippen molar-refractivity contribution in [2.75, 3.05) is 0 Å². The number of hydrogen-bond acceptors (Lipinski definition) is 6. The SMILES string of the molecule is CC1(C)c2cc(C#N)ccc2-c2ccc(-c3cc(-c4cc(-c5cccnc5)nc(-c5cccnc5)c4)cc(-c4cc(-c5ccccc5)nc(-c5ccccc5)n4)c3)cc21. The van der Waals surface area contributed by atoms with Crippen molar-refractivity contribution < 1.29 is 0 Å². The Morgan fingerprint density at radius 2 is 0.915 bits per heavy atom. The van der Waals surface area contributed by atoms with Gasteiger partial charge in [-0.2, -0.15) is 5.26 Å². The summed E-state index contributed by atoms with van der Waals surface area (Å²) >= 11 is 0. The van der Waals surface area contributed by atoms with Crippen molar-refractivity contribution in [3.63, 3.8) is 0 Å². The normalized spacial score (nSPS) is 12.4. The van der Waals surface area contributed by atoms with E-state index >= 15 is 0 Å². The second-order valence-electron chi connectivity index (χ2n) is 15.4. The van der Waals surface area contributed by atoms with Crippen molar-refractivity contribution in [2.24, 2.45) is 0 Å². The Morgan fingerprint density at radius 3 is 1.53 bits per heavy atom. The van der Waals surface area contributed by atoms with Gasteiger partial charge in [0.15, 0.2) is 5.82 Å². The zero-order chi connectivity index (χ0) is 39.9. The molecule has 0 aliphatic heterocycles. The van der Waals surface area contributed by atoms with Crippen LogP contribution >= 0.6 is 0 Å². The average Bonchev–Trinajstić information content (AvgIpc) is 3.54. The molecule has 0 saturated heterocycles. The van der Waals surface area contributed by atoms with Crippen LogP contribution in [0.5, 0.6) is 0 Å². The second-order valence-corrected chi connectivity index (χ2v) is 15.4. The van der Waals surface area contributed by atoms with Crippen molar-refractivity contribution >= 4 is 0 Å². The van der Waals surface area contributed by atoms with Crippen LogP contribution in [-0.2, 0) is 5.41 Å². The van der Waals surface area contributed by atoms with Crippen molar-refractivity contribution in [1.29, 1.82) is 5.26 Å². The third kappa shape index (κ3) is 6.65. The fourth-order valence-corrected chi connectivity index (χ4v) is 8.19. The summed E-state index contributed by atoms with van der Waals surface area (Å²) in [6, 6.07) is 56.6. The van der Waals surface area contributed by atoms with Gasteiger partial charge in [-0.3, -0.25) is 9.97 Å². The summed E-state index contributed by atoms with van der Waals surface area (Å²) in [6.07, 6.45) is 7.25. The van der Waals surface area contributed by atoms with Gasteiger partial charge in [0.25, 0.3) is 0 Å². The number of rotatable bonds is 7. The fourth-order valence-electron chi connectivity index (χ4n) is 8.19. The highest BCUT2D eigenvalue weighted by molar-refractivity contribution is 5.88. The Kier molecular flexibility index (Phi) is 8.77. The number of nitrogens with zero attached hydrogens (tertiary/aromatic N) is 6. The van der Waals surface area contributed by atoms with Crippen molar-refractivity contribution in [1.82, 2.24) is 24.9 Å². The molecule has 0 radical (unpaired) electrons. The first-order valence-corrected chi connectivity index (χ1v) is 19.6. The van der Waals surface area contributed by atoms with Crippen molar-refractivity contribution in [3.8, 4) is 95.9 Å². The van der Waals surface area contributed by atoms with Gasteiger partial charge in [-0.05, 0) is 123 Å². The molecule has 0 unspecified atom stereocenters. The number of pyridine rings is 3. The van der Waals surface area contributed by atoms with Crippen LogP contribution in [0, 0.1) is 11.3 Å². The van der Waals surface area contributed by atoms with Gasteiger partial charge in [-0.1, -0.05) is 92.7 Å². The van der Waals surface area contributed by atoms with Gasteiger partial charge in [-0.15, -0.1) is 0 Å². The molecule has 4 heterocycles. The Labute approximate surface area is 343 Å². The van der Waals surface area contributed by atoms with E-state index in [1.807, 2.05) is 85.2 Å². The summed E-state index contributed by atoms with van der Waals surface area (Å²) in [7, 11) is 0. The van der Waals surface area contributed by atoms with Gasteiger partial charge >= 0.3 is 0 Å². The van der Waals surface area contributed by atoms with Crippen molar-refractivity contribution in [3.05, 3.63) is 199 Å². The fraction of sp³-hybridized carbons (Fsp3) is 0.0566. The van der Waals surface area contributed by atoms with Crippen LogP contribution in [0.1, 0.15) is 30.5 Å². The van der Waals surface area contributed by atoms with E-state index in [4.69, 9.17) is 15.0 Å². The molecule has 1 aliphatic rings. The largest absolute Gasteiger partial charge is 0.264 e. The summed E-state index contributed by atoms with van der Waals surface area (Å²) < 4.78 is 0. The molecule has 0 fully saturated rings. The Balaban J connectivity index is 1.21. The summed E-state index contributed by atoms with van der Waals surface area (Å²) in [4.78, 5) is 24.3.